The van der Waals surface area contributed by atoms with Crippen molar-refractivity contribution < 1.29 is 0 Å². The van der Waals surface area contributed by atoms with Crippen LogP contribution in [0.4, 0.5) is 5.69 Å². The molecule has 1 aliphatic rings. The highest BCUT2D eigenvalue weighted by Crippen LogP contribution is 2.13. The van der Waals surface area contributed by atoms with E-state index >= 15 is 0 Å². The largest absolute Gasteiger partial charge is 0.362 e. The Kier molecular flexibility index (Phi) is 5.89. The van der Waals surface area contributed by atoms with Crippen molar-refractivity contribution in [1.29, 1.82) is 0 Å². The van der Waals surface area contributed by atoms with Crippen LogP contribution in [-0.2, 0) is 0 Å². The Morgan fingerprint density at radius 1 is 1.21 bits per heavy atom. The van der Waals surface area contributed by atoms with Crippen LogP contribution < -0.4 is 10.6 Å². The van der Waals surface area contributed by atoms with E-state index in [1.165, 1.54) is 25.9 Å². The summed E-state index contributed by atoms with van der Waals surface area (Å²) in [7, 11) is 0. The monoisotopic (exact) mass is 297 g/mol. The van der Waals surface area contributed by atoms with Crippen LogP contribution in [0, 0.1) is 0 Å². The van der Waals surface area contributed by atoms with Gasteiger partial charge in [0.05, 0.1) is 0 Å². The zero-order valence-corrected chi connectivity index (χ0v) is 12.6. The zero-order valence-electron chi connectivity index (χ0n) is 11.0. The van der Waals surface area contributed by atoms with Crippen molar-refractivity contribution in [3.63, 3.8) is 0 Å². The third kappa shape index (κ3) is 5.35. The predicted molar refractivity (Wildman–Crippen MR) is 86.0 cm³/mol. The average Bonchev–Trinajstić information content (AvgIpc) is 2.91. The first-order valence-corrected chi connectivity index (χ1v) is 7.55. The van der Waals surface area contributed by atoms with Gasteiger partial charge in [0, 0.05) is 17.3 Å². The predicted octanol–water partition coefficient (Wildman–Crippen LogP) is 3.11. The van der Waals surface area contributed by atoms with Crippen LogP contribution in [0.25, 0.3) is 0 Å². The van der Waals surface area contributed by atoms with E-state index in [4.69, 9.17) is 23.8 Å². The van der Waals surface area contributed by atoms with Crippen LogP contribution in [0.5, 0.6) is 0 Å². The third-order valence-corrected chi connectivity index (χ3v) is 3.74. The molecule has 2 N–H and O–H groups in total. The molecule has 104 valence electrons. The summed E-state index contributed by atoms with van der Waals surface area (Å²) in [5, 5.41) is 7.78. The van der Waals surface area contributed by atoms with Crippen molar-refractivity contribution in [2.24, 2.45) is 0 Å². The normalized spacial score (nSPS) is 15.4. The summed E-state index contributed by atoms with van der Waals surface area (Å²) in [6.45, 7) is 4.59. The average molecular weight is 298 g/mol. The number of rotatable bonds is 5. The van der Waals surface area contributed by atoms with Crippen molar-refractivity contribution in [3.05, 3.63) is 29.3 Å². The molecule has 0 radical (unpaired) electrons. The summed E-state index contributed by atoms with van der Waals surface area (Å²) in [5.41, 5.74) is 0.960. The molecule has 1 aromatic rings. The number of nitrogens with one attached hydrogen (secondary N) is 2. The highest BCUT2D eigenvalue weighted by atomic mass is 35.5. The number of thiocarbonyl (C=S) groups is 1. The smallest absolute Gasteiger partial charge is 0.170 e. The number of halogens is 1. The van der Waals surface area contributed by atoms with E-state index in [2.05, 4.69) is 15.5 Å². The lowest BCUT2D eigenvalue weighted by Gasteiger charge is -2.15. The molecule has 0 amide bonds. The van der Waals surface area contributed by atoms with E-state index in [1.54, 1.807) is 0 Å². The lowest BCUT2D eigenvalue weighted by molar-refractivity contribution is 0.334. The fourth-order valence-electron chi connectivity index (χ4n) is 2.22. The van der Waals surface area contributed by atoms with Crippen LogP contribution in [0.15, 0.2) is 24.3 Å². The molecule has 0 atom stereocenters. The van der Waals surface area contributed by atoms with Gasteiger partial charge in [0.25, 0.3) is 0 Å². The first-order chi connectivity index (χ1) is 9.24. The number of hydrogen-bond donors (Lipinski definition) is 2. The molecule has 19 heavy (non-hydrogen) atoms. The fraction of sp³-hybridized carbons (Fsp3) is 0.500. The van der Waals surface area contributed by atoms with E-state index in [0.717, 1.165) is 30.2 Å². The fourth-order valence-corrected chi connectivity index (χ4v) is 2.57. The quantitative estimate of drug-likeness (QED) is 0.645. The molecule has 0 bridgehead atoms. The van der Waals surface area contributed by atoms with E-state index in [9.17, 15) is 0 Å². The second kappa shape index (κ2) is 7.68. The molecule has 2 rings (SSSR count). The standard InChI is InChI=1S/C14H20ClN3S/c15-12-4-6-13(7-5-12)17-14(19)16-8-3-11-18-9-1-2-10-18/h4-7H,1-3,8-11H2,(H2,16,17,19). The van der Waals surface area contributed by atoms with Crippen molar-refractivity contribution in [2.75, 3.05) is 31.5 Å². The summed E-state index contributed by atoms with van der Waals surface area (Å²) in [4.78, 5) is 2.51. The lowest BCUT2D eigenvalue weighted by Crippen LogP contribution is -2.31. The highest BCUT2D eigenvalue weighted by molar-refractivity contribution is 7.80. The molecular weight excluding hydrogens is 278 g/mol. The van der Waals surface area contributed by atoms with Crippen molar-refractivity contribution in [2.45, 2.75) is 19.3 Å². The van der Waals surface area contributed by atoms with Gasteiger partial charge in [0.15, 0.2) is 5.11 Å². The molecule has 1 saturated heterocycles. The lowest BCUT2D eigenvalue weighted by atomic mass is 10.3. The van der Waals surface area contributed by atoms with Gasteiger partial charge in [-0.1, -0.05) is 11.6 Å². The molecule has 0 aliphatic carbocycles. The summed E-state index contributed by atoms with van der Waals surface area (Å²) in [6.07, 6.45) is 3.83. The molecule has 0 unspecified atom stereocenters. The van der Waals surface area contributed by atoms with E-state index < -0.39 is 0 Å². The zero-order chi connectivity index (χ0) is 13.5. The van der Waals surface area contributed by atoms with Gasteiger partial charge in [-0.05, 0) is 75.4 Å². The van der Waals surface area contributed by atoms with Gasteiger partial charge >= 0.3 is 0 Å². The van der Waals surface area contributed by atoms with Gasteiger partial charge in [-0.15, -0.1) is 0 Å². The van der Waals surface area contributed by atoms with E-state index in [-0.39, 0.29) is 0 Å². The van der Waals surface area contributed by atoms with Crippen LogP contribution in [0.3, 0.4) is 0 Å². The molecule has 3 nitrogen and oxygen atoms in total. The second-order valence-corrected chi connectivity index (χ2v) is 5.63. The summed E-state index contributed by atoms with van der Waals surface area (Å²) < 4.78 is 0. The Labute approximate surface area is 125 Å². The molecule has 1 aromatic carbocycles. The molecule has 1 heterocycles. The molecule has 1 fully saturated rings. The van der Waals surface area contributed by atoms with Crippen LogP contribution in [0.1, 0.15) is 19.3 Å². The second-order valence-electron chi connectivity index (χ2n) is 4.79. The number of likely N-dealkylation sites (tertiary alicyclic amines) is 1. The molecule has 1 aliphatic heterocycles. The van der Waals surface area contributed by atoms with Gasteiger partial charge in [-0.25, -0.2) is 0 Å². The van der Waals surface area contributed by atoms with Gasteiger partial charge in [0.1, 0.15) is 0 Å². The molecule has 0 spiro atoms. The van der Waals surface area contributed by atoms with Gasteiger partial charge < -0.3 is 15.5 Å². The van der Waals surface area contributed by atoms with Crippen molar-refractivity contribution >= 4 is 34.6 Å². The summed E-state index contributed by atoms with van der Waals surface area (Å²) in [5.74, 6) is 0. The minimum absolute atomic E-state index is 0.670. The third-order valence-electron chi connectivity index (χ3n) is 3.24. The van der Waals surface area contributed by atoms with Crippen LogP contribution in [-0.4, -0.2) is 36.2 Å². The molecular formula is C14H20ClN3S. The topological polar surface area (TPSA) is 27.3 Å². The Morgan fingerprint density at radius 2 is 1.89 bits per heavy atom. The van der Waals surface area contributed by atoms with Crippen LogP contribution >= 0.6 is 23.8 Å². The Balaban J connectivity index is 1.60. The molecule has 5 heteroatoms. The minimum Gasteiger partial charge on any atom is -0.362 e. The Hall–Kier alpha value is -0.840. The Morgan fingerprint density at radius 3 is 2.58 bits per heavy atom. The number of hydrogen-bond acceptors (Lipinski definition) is 2. The molecule has 0 aromatic heterocycles. The number of benzene rings is 1. The van der Waals surface area contributed by atoms with Crippen molar-refractivity contribution in [3.8, 4) is 0 Å². The van der Waals surface area contributed by atoms with E-state index in [1.807, 2.05) is 24.3 Å². The maximum absolute atomic E-state index is 5.83. The maximum atomic E-state index is 5.83. The first-order valence-electron chi connectivity index (χ1n) is 6.77. The number of nitrogens with zero attached hydrogens (tertiary/aromatic N) is 1. The minimum atomic E-state index is 0.670. The SMILES string of the molecule is S=C(NCCCN1CCCC1)Nc1ccc(Cl)cc1. The summed E-state index contributed by atoms with van der Waals surface area (Å²) in [6, 6.07) is 7.53. The van der Waals surface area contributed by atoms with Gasteiger partial charge in [-0.2, -0.15) is 0 Å². The van der Waals surface area contributed by atoms with E-state index in [0.29, 0.717) is 5.11 Å². The maximum Gasteiger partial charge on any atom is 0.170 e. The molecule has 0 saturated carbocycles. The Bertz CT molecular complexity index is 402. The van der Waals surface area contributed by atoms with Crippen LogP contribution in [0.2, 0.25) is 5.02 Å². The highest BCUT2D eigenvalue weighted by Gasteiger charge is 2.10. The van der Waals surface area contributed by atoms with Gasteiger partial charge in [-0.3, -0.25) is 0 Å². The number of anilines is 1. The first kappa shape index (κ1) is 14.6. The van der Waals surface area contributed by atoms with Gasteiger partial charge in [0.2, 0.25) is 0 Å². The summed E-state index contributed by atoms with van der Waals surface area (Å²) >= 11 is 11.1. The van der Waals surface area contributed by atoms with Crippen molar-refractivity contribution in [1.82, 2.24) is 10.2 Å².